The number of carbonyl (C=O) groups is 2. The Morgan fingerprint density at radius 3 is 2.74 bits per heavy atom. The monoisotopic (exact) mass is 416 g/mol. The van der Waals surface area contributed by atoms with Crippen molar-refractivity contribution in [1.82, 2.24) is 15.7 Å². The molecule has 0 saturated carbocycles. The molecule has 7 nitrogen and oxygen atoms in total. The maximum atomic E-state index is 12.7. The molecule has 0 aliphatic heterocycles. The van der Waals surface area contributed by atoms with E-state index >= 15 is 0 Å². The molecule has 4 rings (SSSR count). The summed E-state index contributed by atoms with van der Waals surface area (Å²) in [5, 5.41) is 7.23. The molecule has 1 aromatic carbocycles. The summed E-state index contributed by atoms with van der Waals surface area (Å²) in [7, 11) is 0. The number of aryl methyl sites for hydroxylation is 2. The van der Waals surface area contributed by atoms with E-state index in [1.807, 2.05) is 50.2 Å². The first-order chi connectivity index (χ1) is 15.0. The van der Waals surface area contributed by atoms with E-state index in [0.29, 0.717) is 18.5 Å². The van der Waals surface area contributed by atoms with Crippen LogP contribution in [-0.2, 0) is 13.0 Å². The lowest BCUT2D eigenvalue weighted by atomic mass is 9.93. The largest absolute Gasteiger partial charge is 0.455 e. The number of aromatic nitrogens is 1. The van der Waals surface area contributed by atoms with Crippen molar-refractivity contribution in [3.8, 4) is 0 Å². The molecule has 7 heteroatoms. The molecule has 0 spiro atoms. The molecule has 158 valence electrons. The third-order valence-electron chi connectivity index (χ3n) is 5.26. The molecule has 0 atom stereocenters. The van der Waals surface area contributed by atoms with Gasteiger partial charge in [-0.2, -0.15) is 5.10 Å². The molecule has 0 bridgehead atoms. The van der Waals surface area contributed by atoms with Crippen LogP contribution >= 0.6 is 0 Å². The number of furan rings is 1. The van der Waals surface area contributed by atoms with Crippen LogP contribution in [0, 0.1) is 13.8 Å². The first-order valence-electron chi connectivity index (χ1n) is 10.3. The van der Waals surface area contributed by atoms with E-state index < -0.39 is 0 Å². The fourth-order valence-corrected chi connectivity index (χ4v) is 3.72. The molecule has 1 aliphatic rings. The Labute approximate surface area is 180 Å². The average Bonchev–Trinajstić information content (AvgIpc) is 3.13. The Balaban J connectivity index is 1.51. The summed E-state index contributed by atoms with van der Waals surface area (Å²) in [6.07, 6.45) is 3.96. The van der Waals surface area contributed by atoms with Crippen molar-refractivity contribution in [1.29, 1.82) is 0 Å². The van der Waals surface area contributed by atoms with E-state index in [0.717, 1.165) is 46.7 Å². The molecular formula is C24H24N4O3. The lowest BCUT2D eigenvalue weighted by molar-refractivity contribution is 0.0918. The molecule has 2 amide bonds. The highest BCUT2D eigenvalue weighted by atomic mass is 16.4. The van der Waals surface area contributed by atoms with Crippen LogP contribution in [0.3, 0.4) is 0 Å². The molecule has 2 heterocycles. The normalized spacial score (nSPS) is 14.2. The predicted octanol–water partition coefficient (Wildman–Crippen LogP) is 3.69. The number of amides is 2. The van der Waals surface area contributed by atoms with E-state index in [9.17, 15) is 9.59 Å². The minimum Gasteiger partial charge on any atom is -0.455 e. The highest BCUT2D eigenvalue weighted by molar-refractivity contribution is 6.07. The van der Waals surface area contributed by atoms with Crippen molar-refractivity contribution < 1.29 is 14.0 Å². The Morgan fingerprint density at radius 1 is 1.10 bits per heavy atom. The number of hydrogen-bond acceptors (Lipinski definition) is 5. The highest BCUT2D eigenvalue weighted by Crippen LogP contribution is 2.29. The number of rotatable bonds is 5. The minimum atomic E-state index is -0.291. The van der Waals surface area contributed by atoms with Gasteiger partial charge in [0.05, 0.1) is 18.0 Å². The molecular weight excluding hydrogens is 392 g/mol. The zero-order chi connectivity index (χ0) is 21.8. The average molecular weight is 416 g/mol. The molecule has 0 unspecified atom stereocenters. The Kier molecular flexibility index (Phi) is 5.93. The molecule has 0 radical (unpaired) electrons. The topological polar surface area (TPSA) is 96.6 Å². The minimum absolute atomic E-state index is 0.266. The number of nitrogens with zero attached hydrogens (tertiary/aromatic N) is 2. The summed E-state index contributed by atoms with van der Waals surface area (Å²) in [5.41, 5.74) is 7.26. The second-order valence-corrected chi connectivity index (χ2v) is 7.58. The number of pyridine rings is 1. The summed E-state index contributed by atoms with van der Waals surface area (Å²) in [4.78, 5) is 29.4. The van der Waals surface area contributed by atoms with Crippen molar-refractivity contribution in [2.45, 2.75) is 39.7 Å². The summed E-state index contributed by atoms with van der Waals surface area (Å²) < 4.78 is 5.90. The van der Waals surface area contributed by atoms with Crippen molar-refractivity contribution in [3.63, 3.8) is 0 Å². The third kappa shape index (κ3) is 4.55. The van der Waals surface area contributed by atoms with Crippen molar-refractivity contribution in [2.24, 2.45) is 5.10 Å². The molecule has 31 heavy (non-hydrogen) atoms. The van der Waals surface area contributed by atoms with Crippen LogP contribution in [0.4, 0.5) is 0 Å². The summed E-state index contributed by atoms with van der Waals surface area (Å²) in [6.45, 7) is 4.10. The molecule has 2 aromatic heterocycles. The van der Waals surface area contributed by atoms with Crippen LogP contribution in [0.15, 0.2) is 58.2 Å². The highest BCUT2D eigenvalue weighted by Gasteiger charge is 2.28. The Hall–Kier alpha value is -3.74. The van der Waals surface area contributed by atoms with Gasteiger partial charge in [0.15, 0.2) is 5.76 Å². The van der Waals surface area contributed by atoms with Crippen LogP contribution in [0.25, 0.3) is 0 Å². The molecule has 0 saturated heterocycles. The lowest BCUT2D eigenvalue weighted by Gasteiger charge is -2.13. The first-order valence-corrected chi connectivity index (χ1v) is 10.3. The molecule has 2 N–H and O–H groups in total. The van der Waals surface area contributed by atoms with Gasteiger partial charge in [-0.1, -0.05) is 23.8 Å². The number of hydrogen-bond donors (Lipinski definition) is 2. The van der Waals surface area contributed by atoms with Gasteiger partial charge in [-0.05, 0) is 51.0 Å². The van der Waals surface area contributed by atoms with Gasteiger partial charge >= 0.3 is 0 Å². The van der Waals surface area contributed by atoms with Crippen LogP contribution in [0.1, 0.15) is 61.9 Å². The fraction of sp³-hybridized carbons (Fsp3) is 0.250. The van der Waals surface area contributed by atoms with Crippen molar-refractivity contribution in [3.05, 3.63) is 88.1 Å². The first kappa shape index (κ1) is 20.5. The molecule has 1 aliphatic carbocycles. The Bertz CT molecular complexity index is 1150. The summed E-state index contributed by atoms with van der Waals surface area (Å²) >= 11 is 0. The number of fused-ring (bicyclic) bond motifs is 1. The zero-order valence-corrected chi connectivity index (χ0v) is 17.6. The van der Waals surface area contributed by atoms with Crippen molar-refractivity contribution in [2.75, 3.05) is 0 Å². The SMILES string of the molecule is Cc1cccc(C(=O)N/N=C2\CCCc3oc(C(=O)NCc4ccccn4)c(C)c32)c1. The molecule has 3 aromatic rings. The van der Waals surface area contributed by atoms with Gasteiger partial charge in [0, 0.05) is 29.3 Å². The Morgan fingerprint density at radius 2 is 1.97 bits per heavy atom. The van der Waals surface area contributed by atoms with Crippen LogP contribution < -0.4 is 10.7 Å². The number of carbonyl (C=O) groups excluding carboxylic acids is 2. The smallest absolute Gasteiger partial charge is 0.287 e. The van der Waals surface area contributed by atoms with Gasteiger partial charge < -0.3 is 9.73 Å². The maximum absolute atomic E-state index is 12.7. The van der Waals surface area contributed by atoms with Gasteiger partial charge in [-0.3, -0.25) is 14.6 Å². The standard InChI is InChI=1S/C24H24N4O3/c1-15-7-5-8-17(13-15)23(29)28-27-19-10-6-11-20-21(19)16(2)22(31-20)24(30)26-14-18-9-3-4-12-25-18/h3-5,7-9,12-13H,6,10-11,14H2,1-2H3,(H,26,30)(H,28,29)/b27-19+. The number of nitrogens with one attached hydrogen (secondary N) is 2. The van der Waals surface area contributed by atoms with E-state index in [-0.39, 0.29) is 17.6 Å². The second-order valence-electron chi connectivity index (χ2n) is 7.58. The van der Waals surface area contributed by atoms with E-state index in [4.69, 9.17) is 4.42 Å². The van der Waals surface area contributed by atoms with Gasteiger partial charge in [0.25, 0.3) is 11.8 Å². The fourth-order valence-electron chi connectivity index (χ4n) is 3.72. The van der Waals surface area contributed by atoms with E-state index in [1.54, 1.807) is 12.3 Å². The van der Waals surface area contributed by atoms with E-state index in [1.165, 1.54) is 0 Å². The van der Waals surface area contributed by atoms with Crippen LogP contribution in [-0.4, -0.2) is 22.5 Å². The summed E-state index contributed by atoms with van der Waals surface area (Å²) in [6, 6.07) is 12.9. The van der Waals surface area contributed by atoms with Gasteiger partial charge in [-0.15, -0.1) is 0 Å². The number of hydrazone groups is 1. The van der Waals surface area contributed by atoms with Crippen LogP contribution in [0.2, 0.25) is 0 Å². The van der Waals surface area contributed by atoms with Crippen LogP contribution in [0.5, 0.6) is 0 Å². The van der Waals surface area contributed by atoms with E-state index in [2.05, 4.69) is 20.8 Å². The van der Waals surface area contributed by atoms with Gasteiger partial charge in [0.1, 0.15) is 5.76 Å². The van der Waals surface area contributed by atoms with Gasteiger partial charge in [0.2, 0.25) is 0 Å². The zero-order valence-electron chi connectivity index (χ0n) is 17.6. The molecule has 0 fully saturated rings. The maximum Gasteiger partial charge on any atom is 0.287 e. The second kappa shape index (κ2) is 8.95. The summed E-state index contributed by atoms with van der Waals surface area (Å²) in [5.74, 6) is 0.453. The lowest BCUT2D eigenvalue weighted by Crippen LogP contribution is -2.24. The van der Waals surface area contributed by atoms with Crippen molar-refractivity contribution >= 4 is 17.5 Å². The number of benzene rings is 1. The quantitative estimate of drug-likeness (QED) is 0.620. The predicted molar refractivity (Wildman–Crippen MR) is 117 cm³/mol. The van der Waals surface area contributed by atoms with Gasteiger partial charge in [-0.25, -0.2) is 5.43 Å². The third-order valence-corrected chi connectivity index (χ3v) is 5.26.